The lowest BCUT2D eigenvalue weighted by atomic mass is 9.99. The van der Waals surface area contributed by atoms with Crippen LogP contribution in [-0.2, 0) is 28.8 Å². The molecule has 230 valence electrons. The quantitative estimate of drug-likeness (QED) is 0.0613. The lowest BCUT2D eigenvalue weighted by Crippen LogP contribution is -2.62. The Morgan fingerprint density at radius 2 is 1.36 bits per heavy atom. The van der Waals surface area contributed by atoms with E-state index in [-0.39, 0.29) is 6.42 Å². The molecule has 0 spiro atoms. The van der Waals surface area contributed by atoms with Crippen molar-refractivity contribution in [3.05, 3.63) is 0 Å². The number of aliphatic hydroxyl groups is 7. The van der Waals surface area contributed by atoms with Gasteiger partial charge in [-0.1, -0.05) is 71.1 Å². The monoisotopic (exact) mass is 568 g/mol. The molecule has 2 saturated heterocycles. The average molecular weight is 569 g/mol. The van der Waals surface area contributed by atoms with Crippen molar-refractivity contribution >= 4 is 5.97 Å². The van der Waals surface area contributed by atoms with Crippen LogP contribution >= 0.6 is 0 Å². The summed E-state index contributed by atoms with van der Waals surface area (Å²) in [4.78, 5) is 21.6. The van der Waals surface area contributed by atoms with E-state index in [0.717, 1.165) is 19.3 Å². The maximum Gasteiger partial charge on any atom is 0.342 e. The van der Waals surface area contributed by atoms with Gasteiger partial charge in [0.2, 0.25) is 5.79 Å². The Labute approximate surface area is 229 Å². The van der Waals surface area contributed by atoms with E-state index < -0.39 is 80.6 Å². The van der Waals surface area contributed by atoms with Crippen LogP contribution in [0.3, 0.4) is 0 Å². The van der Waals surface area contributed by atoms with Gasteiger partial charge in [0.1, 0.15) is 55.9 Å². The summed E-state index contributed by atoms with van der Waals surface area (Å²) in [5, 5.41) is 70.1. The molecule has 0 bridgehead atoms. The van der Waals surface area contributed by atoms with E-state index in [1.54, 1.807) is 0 Å². The number of aliphatic hydroxyl groups excluding tert-OH is 7. The molecule has 0 radical (unpaired) electrons. The van der Waals surface area contributed by atoms with Crippen molar-refractivity contribution in [2.45, 2.75) is 139 Å². The summed E-state index contributed by atoms with van der Waals surface area (Å²) < 4.78 is 16.1. The van der Waals surface area contributed by atoms with E-state index in [2.05, 4.69) is 6.92 Å². The summed E-state index contributed by atoms with van der Waals surface area (Å²) in [6.45, 7) is -0.00570. The Bertz CT molecular complexity index is 682. The molecule has 2 heterocycles. The zero-order valence-corrected chi connectivity index (χ0v) is 22.8. The lowest BCUT2D eigenvalue weighted by Gasteiger charge is -2.43. The van der Waals surface area contributed by atoms with Gasteiger partial charge in [-0.25, -0.2) is 4.79 Å². The van der Waals surface area contributed by atoms with Crippen molar-refractivity contribution in [2.75, 3.05) is 19.8 Å². The molecule has 7 N–H and O–H groups in total. The predicted molar refractivity (Wildman–Crippen MR) is 135 cm³/mol. The summed E-state index contributed by atoms with van der Waals surface area (Å²) >= 11 is 0. The van der Waals surface area contributed by atoms with Crippen LogP contribution in [0.15, 0.2) is 0 Å². The number of ether oxygens (including phenoxy) is 3. The molecule has 2 rings (SSSR count). The second-order valence-corrected chi connectivity index (χ2v) is 10.4. The van der Waals surface area contributed by atoms with Gasteiger partial charge in [-0.05, 0) is 6.42 Å². The molecule has 0 amide bonds. The minimum atomic E-state index is -2.28. The van der Waals surface area contributed by atoms with Gasteiger partial charge >= 0.3 is 5.97 Å². The number of rotatable bonds is 19. The Kier molecular flexibility index (Phi) is 15.6. The van der Waals surface area contributed by atoms with Crippen LogP contribution < -0.4 is 0 Å². The van der Waals surface area contributed by atoms with E-state index in [0.29, 0.717) is 6.42 Å². The highest BCUT2D eigenvalue weighted by Gasteiger charge is 2.58. The summed E-state index contributed by atoms with van der Waals surface area (Å²) in [6.07, 6.45) is -0.374. The summed E-state index contributed by atoms with van der Waals surface area (Å²) in [5.41, 5.74) is 0. The van der Waals surface area contributed by atoms with Crippen LogP contribution in [0.25, 0.3) is 0 Å². The SMILES string of the molecule is CCCCCCCCCCCCCC(=O)OOC[C@H]1O[C@H](O[C@]2(CO)O[C@H](CO)[C@@H](O)[C@@H]2O)[C@H](O)[C@@H](O)[C@@H]1O. The summed E-state index contributed by atoms with van der Waals surface area (Å²) in [7, 11) is 0. The maximum atomic E-state index is 12.0. The average Bonchev–Trinajstić information content (AvgIpc) is 3.17. The van der Waals surface area contributed by atoms with Crippen LogP contribution in [0, 0.1) is 0 Å². The molecule has 0 aromatic rings. The van der Waals surface area contributed by atoms with Gasteiger partial charge < -0.3 is 50.0 Å². The van der Waals surface area contributed by atoms with E-state index in [9.17, 15) is 40.5 Å². The molecule has 39 heavy (non-hydrogen) atoms. The lowest BCUT2D eigenvalue weighted by molar-refractivity contribution is -0.391. The minimum Gasteiger partial charge on any atom is -0.394 e. The van der Waals surface area contributed by atoms with Crippen LogP contribution in [0.1, 0.15) is 84.0 Å². The van der Waals surface area contributed by atoms with Crippen LogP contribution in [0.2, 0.25) is 0 Å². The van der Waals surface area contributed by atoms with E-state index in [4.69, 9.17) is 24.0 Å². The first-order chi connectivity index (χ1) is 18.7. The maximum absolute atomic E-state index is 12.0. The number of carbonyl (C=O) groups is 1. The summed E-state index contributed by atoms with van der Waals surface area (Å²) in [6, 6.07) is 0. The van der Waals surface area contributed by atoms with Gasteiger partial charge in [0.25, 0.3) is 0 Å². The van der Waals surface area contributed by atoms with Crippen molar-refractivity contribution in [1.29, 1.82) is 0 Å². The topological polar surface area (TPSA) is 205 Å². The molecule has 2 fully saturated rings. The Balaban J connectivity index is 1.69. The smallest absolute Gasteiger partial charge is 0.342 e. The first-order valence-electron chi connectivity index (χ1n) is 14.2. The standard InChI is InChI=1S/C26H48O13/c1-2-3-4-5-6-7-8-9-10-11-12-13-19(29)39-35-15-18-20(30)22(32)23(33)25(36-18)38-26(16-28)24(34)21(31)17(14-27)37-26/h17-18,20-25,27-28,30-34H,2-16H2,1H3/t17-,18-,20-,21-,22+,23-,24+,25-,26+/m1/s1. The molecule has 0 unspecified atom stereocenters. The highest BCUT2D eigenvalue weighted by atomic mass is 17.2. The third-order valence-corrected chi connectivity index (χ3v) is 7.26. The highest BCUT2D eigenvalue weighted by molar-refractivity contribution is 5.68. The third kappa shape index (κ3) is 10.1. The van der Waals surface area contributed by atoms with Crippen molar-refractivity contribution < 1.29 is 64.5 Å². The van der Waals surface area contributed by atoms with Gasteiger partial charge in [0.05, 0.1) is 6.61 Å². The van der Waals surface area contributed by atoms with E-state index in [1.165, 1.54) is 44.9 Å². The van der Waals surface area contributed by atoms with Crippen molar-refractivity contribution in [1.82, 2.24) is 0 Å². The number of hydrogen-bond donors (Lipinski definition) is 7. The molecule has 0 aromatic carbocycles. The molecule has 0 aromatic heterocycles. The fourth-order valence-corrected chi connectivity index (χ4v) is 4.76. The fourth-order valence-electron chi connectivity index (χ4n) is 4.76. The number of unbranched alkanes of at least 4 members (excludes halogenated alkanes) is 10. The van der Waals surface area contributed by atoms with Crippen LogP contribution in [0.5, 0.6) is 0 Å². The van der Waals surface area contributed by atoms with E-state index >= 15 is 0 Å². The number of hydrogen-bond acceptors (Lipinski definition) is 13. The molecule has 0 saturated carbocycles. The predicted octanol–water partition coefficient (Wildman–Crippen LogP) is -0.212. The van der Waals surface area contributed by atoms with E-state index in [1.807, 2.05) is 0 Å². The zero-order chi connectivity index (χ0) is 28.8. The molecule has 13 nitrogen and oxygen atoms in total. The Morgan fingerprint density at radius 1 is 0.769 bits per heavy atom. The molecule has 13 heteroatoms. The normalized spacial score (nSPS) is 34.9. The number of carbonyl (C=O) groups excluding carboxylic acids is 1. The molecular weight excluding hydrogens is 520 g/mol. The van der Waals surface area contributed by atoms with Gasteiger partial charge in [0, 0.05) is 6.42 Å². The van der Waals surface area contributed by atoms with Gasteiger partial charge in [-0.3, -0.25) is 4.89 Å². The third-order valence-electron chi connectivity index (χ3n) is 7.26. The highest BCUT2D eigenvalue weighted by Crippen LogP contribution is 2.36. The van der Waals surface area contributed by atoms with Crippen molar-refractivity contribution in [3.63, 3.8) is 0 Å². The molecular formula is C26H48O13. The largest absolute Gasteiger partial charge is 0.394 e. The minimum absolute atomic E-state index is 0.154. The Hall–Kier alpha value is -0.970. The van der Waals surface area contributed by atoms with Crippen LogP contribution in [0.4, 0.5) is 0 Å². The van der Waals surface area contributed by atoms with Crippen molar-refractivity contribution in [3.8, 4) is 0 Å². The molecule has 0 aliphatic carbocycles. The first kappa shape index (κ1) is 34.2. The Morgan fingerprint density at radius 3 is 1.90 bits per heavy atom. The van der Waals surface area contributed by atoms with Gasteiger partial charge in [-0.2, -0.15) is 4.89 Å². The second-order valence-electron chi connectivity index (χ2n) is 10.4. The summed E-state index contributed by atoms with van der Waals surface area (Å²) in [5.74, 6) is -2.89. The molecule has 2 aliphatic rings. The van der Waals surface area contributed by atoms with Crippen LogP contribution in [-0.4, -0.2) is 116 Å². The molecule has 9 atom stereocenters. The van der Waals surface area contributed by atoms with Crippen molar-refractivity contribution in [2.24, 2.45) is 0 Å². The fraction of sp³-hybridized carbons (Fsp3) is 0.962. The molecule has 2 aliphatic heterocycles. The zero-order valence-electron chi connectivity index (χ0n) is 22.8. The van der Waals surface area contributed by atoms with Gasteiger partial charge in [-0.15, -0.1) is 0 Å². The van der Waals surface area contributed by atoms with Gasteiger partial charge in [0.15, 0.2) is 6.29 Å². The first-order valence-corrected chi connectivity index (χ1v) is 14.2. The second kappa shape index (κ2) is 17.8.